The summed E-state index contributed by atoms with van der Waals surface area (Å²) < 4.78 is 0. The number of aromatic hydroxyl groups is 1. The molecular weight excluding hydrogens is 498 g/mol. The van der Waals surface area contributed by atoms with Gasteiger partial charge in [0.2, 0.25) is 17.7 Å². The van der Waals surface area contributed by atoms with Crippen molar-refractivity contribution >= 4 is 29.7 Å². The molecule has 1 heterocycles. The summed E-state index contributed by atoms with van der Waals surface area (Å²) in [6.07, 6.45) is 1.76. The molecule has 0 spiro atoms. The van der Waals surface area contributed by atoms with E-state index in [0.717, 1.165) is 0 Å². The quantitative estimate of drug-likeness (QED) is 0.140. The first-order valence-corrected chi connectivity index (χ1v) is 12.6. The Morgan fingerprint density at radius 3 is 2.29 bits per heavy atom. The Morgan fingerprint density at radius 2 is 1.68 bits per heavy atom. The Hall–Kier alpha value is -3.71. The number of carboxylic acids is 2. The van der Waals surface area contributed by atoms with Crippen molar-refractivity contribution in [1.29, 1.82) is 0 Å². The monoisotopic (exact) mass is 535 g/mol. The standard InChI is InChI=1S/C25H37N5O8/c26-12-2-1-4-17(27)22(34)28-18(10-11-21(32)33)24(36)30-13-3-5-20(30)23(35)29-19(25(37)38)14-15-6-8-16(31)9-7-15/h6-9,17-20,31H,1-5,10-14,26-27H2,(H,28,34)(H,29,35)(H,32,33)(H,37,38). The van der Waals surface area contributed by atoms with Gasteiger partial charge >= 0.3 is 11.9 Å². The highest BCUT2D eigenvalue weighted by Crippen LogP contribution is 2.21. The minimum Gasteiger partial charge on any atom is -0.508 e. The molecule has 210 valence electrons. The molecule has 13 nitrogen and oxygen atoms in total. The summed E-state index contributed by atoms with van der Waals surface area (Å²) >= 11 is 0. The molecule has 38 heavy (non-hydrogen) atoms. The maximum Gasteiger partial charge on any atom is 0.326 e. The van der Waals surface area contributed by atoms with Crippen molar-refractivity contribution in [1.82, 2.24) is 15.5 Å². The highest BCUT2D eigenvalue weighted by molar-refractivity contribution is 5.94. The van der Waals surface area contributed by atoms with E-state index < -0.39 is 60.2 Å². The SMILES string of the molecule is NCCCCC(N)C(=O)NC(CCC(=O)O)C(=O)N1CCCC1C(=O)NC(Cc1ccc(O)cc1)C(=O)O. The van der Waals surface area contributed by atoms with Gasteiger partial charge in [0.05, 0.1) is 6.04 Å². The zero-order valence-electron chi connectivity index (χ0n) is 21.2. The van der Waals surface area contributed by atoms with Crippen molar-refractivity contribution in [3.05, 3.63) is 29.8 Å². The molecule has 1 saturated heterocycles. The van der Waals surface area contributed by atoms with E-state index in [1.54, 1.807) is 12.1 Å². The van der Waals surface area contributed by atoms with Crippen molar-refractivity contribution in [2.24, 2.45) is 11.5 Å². The molecule has 4 atom stereocenters. The number of likely N-dealkylation sites (tertiary alicyclic amines) is 1. The zero-order valence-corrected chi connectivity index (χ0v) is 21.2. The van der Waals surface area contributed by atoms with E-state index in [2.05, 4.69) is 10.6 Å². The minimum atomic E-state index is -1.28. The molecule has 13 heteroatoms. The summed E-state index contributed by atoms with van der Waals surface area (Å²) in [6, 6.07) is 1.52. The van der Waals surface area contributed by atoms with Crippen LogP contribution in [0.3, 0.4) is 0 Å². The van der Waals surface area contributed by atoms with Gasteiger partial charge in [0.15, 0.2) is 0 Å². The van der Waals surface area contributed by atoms with Gasteiger partial charge in [-0.05, 0) is 56.3 Å². The number of aliphatic carboxylic acids is 2. The van der Waals surface area contributed by atoms with E-state index in [4.69, 9.17) is 16.6 Å². The van der Waals surface area contributed by atoms with Crippen molar-refractivity contribution in [3.8, 4) is 5.75 Å². The van der Waals surface area contributed by atoms with Crippen LogP contribution in [0.1, 0.15) is 50.5 Å². The molecule has 1 fully saturated rings. The lowest BCUT2D eigenvalue weighted by Gasteiger charge is -2.30. The fourth-order valence-corrected chi connectivity index (χ4v) is 4.28. The lowest BCUT2D eigenvalue weighted by Crippen LogP contribution is -2.57. The van der Waals surface area contributed by atoms with Crippen LogP contribution in [0, 0.1) is 0 Å². The highest BCUT2D eigenvalue weighted by Gasteiger charge is 2.39. The van der Waals surface area contributed by atoms with E-state index in [1.165, 1.54) is 17.0 Å². The summed E-state index contributed by atoms with van der Waals surface area (Å²) in [7, 11) is 0. The maximum atomic E-state index is 13.4. The van der Waals surface area contributed by atoms with Crippen LogP contribution in [0.2, 0.25) is 0 Å². The predicted octanol–water partition coefficient (Wildman–Crippen LogP) is -0.699. The summed E-state index contributed by atoms with van der Waals surface area (Å²) in [6.45, 7) is 0.638. The summed E-state index contributed by atoms with van der Waals surface area (Å²) in [5.41, 5.74) is 12.0. The topological polar surface area (TPSA) is 225 Å². The number of phenolic OH excluding ortho intramolecular Hbond substituents is 1. The number of benzene rings is 1. The predicted molar refractivity (Wildman–Crippen MR) is 136 cm³/mol. The number of rotatable bonds is 15. The minimum absolute atomic E-state index is 0.0193. The Kier molecular flexibility index (Phi) is 12.0. The summed E-state index contributed by atoms with van der Waals surface area (Å²) in [5.74, 6) is -4.30. The molecule has 0 saturated carbocycles. The van der Waals surface area contributed by atoms with Gasteiger partial charge < -0.3 is 42.3 Å². The van der Waals surface area contributed by atoms with Gasteiger partial charge in [-0.1, -0.05) is 18.6 Å². The second kappa shape index (κ2) is 14.9. The van der Waals surface area contributed by atoms with Crippen molar-refractivity contribution < 1.29 is 39.3 Å². The number of nitrogens with zero attached hydrogens (tertiary/aromatic N) is 1. The number of hydrogen-bond acceptors (Lipinski definition) is 8. The maximum absolute atomic E-state index is 13.4. The normalized spacial score (nSPS) is 17.3. The fraction of sp³-hybridized carbons (Fsp3) is 0.560. The second-order valence-electron chi connectivity index (χ2n) is 9.34. The van der Waals surface area contributed by atoms with E-state index in [-0.39, 0.29) is 31.6 Å². The first-order valence-electron chi connectivity index (χ1n) is 12.6. The first-order chi connectivity index (χ1) is 18.0. The smallest absolute Gasteiger partial charge is 0.326 e. The molecule has 0 radical (unpaired) electrons. The Balaban J connectivity index is 2.11. The van der Waals surface area contributed by atoms with Crippen molar-refractivity contribution in [3.63, 3.8) is 0 Å². The molecule has 1 aromatic rings. The van der Waals surface area contributed by atoms with Crippen LogP contribution in [0.5, 0.6) is 5.75 Å². The largest absolute Gasteiger partial charge is 0.508 e. The molecule has 3 amide bonds. The van der Waals surface area contributed by atoms with Gasteiger partial charge in [-0.25, -0.2) is 4.79 Å². The van der Waals surface area contributed by atoms with Crippen LogP contribution in [0.15, 0.2) is 24.3 Å². The third-order valence-electron chi connectivity index (χ3n) is 6.40. The van der Waals surface area contributed by atoms with Crippen LogP contribution in [-0.2, 0) is 30.4 Å². The number of nitrogens with one attached hydrogen (secondary N) is 2. The van der Waals surface area contributed by atoms with Crippen LogP contribution >= 0.6 is 0 Å². The van der Waals surface area contributed by atoms with Crippen LogP contribution < -0.4 is 22.1 Å². The van der Waals surface area contributed by atoms with E-state index in [9.17, 15) is 34.2 Å². The lowest BCUT2D eigenvalue weighted by molar-refractivity contribution is -0.145. The average Bonchev–Trinajstić information content (AvgIpc) is 3.37. The first kappa shape index (κ1) is 30.5. The van der Waals surface area contributed by atoms with E-state index in [0.29, 0.717) is 37.8 Å². The number of phenols is 1. The number of carboxylic acid groups (broad SMARTS) is 2. The van der Waals surface area contributed by atoms with Crippen LogP contribution in [0.4, 0.5) is 0 Å². The van der Waals surface area contributed by atoms with E-state index >= 15 is 0 Å². The molecule has 4 unspecified atom stereocenters. The lowest BCUT2D eigenvalue weighted by atomic mass is 10.0. The number of unbranched alkanes of at least 4 members (excludes halogenated alkanes) is 1. The van der Waals surface area contributed by atoms with Crippen LogP contribution in [0.25, 0.3) is 0 Å². The number of nitrogens with two attached hydrogens (primary N) is 2. The Labute approximate surface area is 220 Å². The number of carbonyl (C=O) groups excluding carboxylic acids is 3. The summed E-state index contributed by atoms with van der Waals surface area (Å²) in [5, 5.41) is 33.2. The second-order valence-corrected chi connectivity index (χ2v) is 9.34. The molecule has 2 rings (SSSR count). The average molecular weight is 536 g/mol. The van der Waals surface area contributed by atoms with Gasteiger partial charge in [0.25, 0.3) is 0 Å². The summed E-state index contributed by atoms with van der Waals surface area (Å²) in [4.78, 5) is 63.3. The van der Waals surface area contributed by atoms with Crippen LogP contribution in [-0.4, -0.2) is 87.1 Å². The van der Waals surface area contributed by atoms with Gasteiger partial charge in [-0.3, -0.25) is 19.2 Å². The highest BCUT2D eigenvalue weighted by atomic mass is 16.4. The Bertz CT molecular complexity index is 986. The fourth-order valence-electron chi connectivity index (χ4n) is 4.28. The van der Waals surface area contributed by atoms with Gasteiger partial charge in [0, 0.05) is 19.4 Å². The molecule has 0 bridgehead atoms. The van der Waals surface area contributed by atoms with Gasteiger partial charge in [0.1, 0.15) is 23.9 Å². The zero-order chi connectivity index (χ0) is 28.2. The number of amides is 3. The third kappa shape index (κ3) is 9.30. The number of hydrogen-bond donors (Lipinski definition) is 7. The molecule has 1 aromatic carbocycles. The third-order valence-corrected chi connectivity index (χ3v) is 6.40. The Morgan fingerprint density at radius 1 is 1.00 bits per heavy atom. The van der Waals surface area contributed by atoms with E-state index in [1.807, 2.05) is 0 Å². The molecular formula is C25H37N5O8. The molecule has 1 aliphatic rings. The number of carbonyl (C=O) groups is 5. The van der Waals surface area contributed by atoms with Gasteiger partial charge in [-0.2, -0.15) is 0 Å². The molecule has 1 aliphatic heterocycles. The molecule has 0 aliphatic carbocycles. The van der Waals surface area contributed by atoms with Crippen molar-refractivity contribution in [2.45, 2.75) is 75.5 Å². The van der Waals surface area contributed by atoms with Gasteiger partial charge in [-0.15, -0.1) is 0 Å². The molecule has 9 N–H and O–H groups in total. The van der Waals surface area contributed by atoms with Crippen molar-refractivity contribution in [2.75, 3.05) is 13.1 Å². The molecule has 0 aromatic heterocycles.